The zero-order valence-corrected chi connectivity index (χ0v) is 25.7. The van der Waals surface area contributed by atoms with Crippen molar-refractivity contribution in [2.24, 2.45) is 0 Å². The number of ether oxygens (including phenoxy) is 3. The van der Waals surface area contributed by atoms with E-state index in [1.165, 1.54) is 0 Å². The highest BCUT2D eigenvalue weighted by molar-refractivity contribution is 6.36. The monoisotopic (exact) mass is 646 g/mol. The van der Waals surface area contributed by atoms with Crippen LogP contribution in [0.1, 0.15) is 22.7 Å². The van der Waals surface area contributed by atoms with E-state index >= 15 is 0 Å². The molecule has 0 spiro atoms. The molecule has 1 N–H and O–H groups in total. The quantitative estimate of drug-likeness (QED) is 0.215. The molecule has 2 aliphatic rings. The Bertz CT molecular complexity index is 1480. The van der Waals surface area contributed by atoms with Crippen molar-refractivity contribution in [3.05, 3.63) is 116 Å². The highest BCUT2D eigenvalue weighted by Gasteiger charge is 2.45. The third-order valence-electron chi connectivity index (χ3n) is 7.57. The molecule has 3 aromatic carbocycles. The standard InChI is InChI=1S/C31H30Cl4N4O3/c32-22-6-9-25(28(35)16-22)31(19-38-13-10-37-20-38)41-18-24(42-31)17-40-23-7-4-21(5-8-23)30(39-14-11-36-12-15-39)29-26(33)2-1-3-27(29)34/h1-10,13,16,20,24,30,36H,11-12,14-15,17-19H2. The van der Waals surface area contributed by atoms with Gasteiger partial charge in [-0.05, 0) is 42.0 Å². The van der Waals surface area contributed by atoms with Crippen molar-refractivity contribution >= 4 is 46.4 Å². The largest absolute Gasteiger partial charge is 0.491 e. The summed E-state index contributed by atoms with van der Waals surface area (Å²) in [5, 5.41) is 5.75. The van der Waals surface area contributed by atoms with E-state index in [2.05, 4.69) is 27.3 Å². The first-order valence-corrected chi connectivity index (χ1v) is 15.3. The third kappa shape index (κ3) is 6.44. The summed E-state index contributed by atoms with van der Waals surface area (Å²) in [6, 6.07) is 19.0. The number of nitrogens with one attached hydrogen (secondary N) is 1. The zero-order chi connectivity index (χ0) is 29.1. The molecular weight excluding hydrogens is 618 g/mol. The second kappa shape index (κ2) is 13.1. The number of aromatic nitrogens is 2. The second-order valence-corrected chi connectivity index (χ2v) is 12.0. The molecule has 4 aromatic rings. The number of halogens is 4. The van der Waals surface area contributed by atoms with Gasteiger partial charge in [0.1, 0.15) is 18.5 Å². The van der Waals surface area contributed by atoms with Gasteiger partial charge < -0.3 is 24.1 Å². The first-order chi connectivity index (χ1) is 20.4. The average molecular weight is 648 g/mol. The molecule has 0 saturated carbocycles. The Morgan fingerprint density at radius 1 is 0.976 bits per heavy atom. The summed E-state index contributed by atoms with van der Waals surface area (Å²) in [4.78, 5) is 6.56. The summed E-state index contributed by atoms with van der Waals surface area (Å²) in [6.45, 7) is 4.61. The van der Waals surface area contributed by atoms with Crippen molar-refractivity contribution in [3.63, 3.8) is 0 Å². The van der Waals surface area contributed by atoms with Crippen LogP contribution in [0.2, 0.25) is 20.1 Å². The van der Waals surface area contributed by atoms with Crippen molar-refractivity contribution in [1.82, 2.24) is 19.8 Å². The van der Waals surface area contributed by atoms with E-state index < -0.39 is 5.79 Å². The van der Waals surface area contributed by atoms with E-state index in [9.17, 15) is 0 Å². The van der Waals surface area contributed by atoms with E-state index in [1.807, 2.05) is 47.2 Å². The highest BCUT2D eigenvalue weighted by atomic mass is 35.5. The fourth-order valence-electron chi connectivity index (χ4n) is 5.58. The predicted octanol–water partition coefficient (Wildman–Crippen LogP) is 6.84. The smallest absolute Gasteiger partial charge is 0.215 e. The van der Waals surface area contributed by atoms with Crippen LogP contribution in [0.5, 0.6) is 5.75 Å². The van der Waals surface area contributed by atoms with Crippen molar-refractivity contribution in [2.45, 2.75) is 24.5 Å². The molecule has 7 nitrogen and oxygen atoms in total. The molecule has 0 amide bonds. The Morgan fingerprint density at radius 3 is 2.43 bits per heavy atom. The van der Waals surface area contributed by atoms with Gasteiger partial charge in [0.05, 0.1) is 30.5 Å². The van der Waals surface area contributed by atoms with E-state index in [0.717, 1.165) is 43.1 Å². The topological polar surface area (TPSA) is 60.8 Å². The maximum Gasteiger partial charge on any atom is 0.215 e. The number of rotatable bonds is 9. The second-order valence-electron chi connectivity index (χ2n) is 10.4. The molecule has 3 atom stereocenters. The molecule has 6 rings (SSSR count). The van der Waals surface area contributed by atoms with Crippen LogP contribution >= 0.6 is 46.4 Å². The van der Waals surface area contributed by atoms with E-state index in [1.54, 1.807) is 24.7 Å². The minimum atomic E-state index is -1.11. The number of benzene rings is 3. The van der Waals surface area contributed by atoms with Gasteiger partial charge in [-0.25, -0.2) is 4.98 Å². The van der Waals surface area contributed by atoms with Crippen LogP contribution in [-0.2, 0) is 21.8 Å². The van der Waals surface area contributed by atoms with Gasteiger partial charge in [-0.3, -0.25) is 4.90 Å². The lowest BCUT2D eigenvalue weighted by Gasteiger charge is -2.36. The molecule has 1 aromatic heterocycles. The Balaban J connectivity index is 1.18. The Kier molecular flexibility index (Phi) is 9.29. The summed E-state index contributed by atoms with van der Waals surface area (Å²) in [5.74, 6) is -0.381. The van der Waals surface area contributed by atoms with Gasteiger partial charge >= 0.3 is 0 Å². The van der Waals surface area contributed by atoms with Gasteiger partial charge in [0.2, 0.25) is 5.79 Å². The molecule has 0 bridgehead atoms. The van der Waals surface area contributed by atoms with E-state index in [0.29, 0.717) is 45.4 Å². The summed E-state index contributed by atoms with van der Waals surface area (Å²) >= 11 is 26.1. The van der Waals surface area contributed by atoms with E-state index in [4.69, 9.17) is 60.6 Å². The molecule has 3 unspecified atom stereocenters. The zero-order valence-electron chi connectivity index (χ0n) is 22.7. The molecule has 11 heteroatoms. The Morgan fingerprint density at radius 2 is 1.74 bits per heavy atom. The van der Waals surface area contributed by atoms with Crippen LogP contribution in [0.4, 0.5) is 0 Å². The van der Waals surface area contributed by atoms with Crippen LogP contribution in [0.3, 0.4) is 0 Å². The van der Waals surface area contributed by atoms with Gasteiger partial charge in [0, 0.05) is 64.8 Å². The number of imidazole rings is 1. The lowest BCUT2D eigenvalue weighted by Crippen LogP contribution is -2.45. The minimum Gasteiger partial charge on any atom is -0.491 e. The lowest BCUT2D eigenvalue weighted by atomic mass is 9.96. The predicted molar refractivity (Wildman–Crippen MR) is 166 cm³/mol. The average Bonchev–Trinajstić information content (AvgIpc) is 3.65. The SMILES string of the molecule is Clc1ccc(C2(Cn3ccnc3)OCC(COc3ccc(C(c4c(Cl)cccc4Cl)N4CCNCC4)cc3)O2)c(Cl)c1. The molecule has 42 heavy (non-hydrogen) atoms. The van der Waals surface area contributed by atoms with Gasteiger partial charge in [0.15, 0.2) is 0 Å². The number of nitrogens with zero attached hydrogens (tertiary/aromatic N) is 3. The molecule has 2 saturated heterocycles. The van der Waals surface area contributed by atoms with Gasteiger partial charge in [-0.1, -0.05) is 70.7 Å². The molecule has 2 fully saturated rings. The Hall–Kier alpha value is -2.33. The number of hydrogen-bond acceptors (Lipinski definition) is 6. The summed E-state index contributed by atoms with van der Waals surface area (Å²) in [5.41, 5.74) is 2.71. The van der Waals surface area contributed by atoms with Crippen molar-refractivity contribution in [1.29, 1.82) is 0 Å². The molecule has 0 radical (unpaired) electrons. The molecule has 0 aliphatic carbocycles. The molecule has 220 valence electrons. The number of piperazine rings is 1. The third-order valence-corrected chi connectivity index (χ3v) is 8.78. The lowest BCUT2D eigenvalue weighted by molar-refractivity contribution is -0.189. The highest BCUT2D eigenvalue weighted by Crippen LogP contribution is 2.41. The normalized spacial score (nSPS) is 21.9. The van der Waals surface area contributed by atoms with Crippen LogP contribution in [0, 0.1) is 0 Å². The van der Waals surface area contributed by atoms with Crippen LogP contribution in [0.15, 0.2) is 79.4 Å². The molecule has 2 aliphatic heterocycles. The van der Waals surface area contributed by atoms with Crippen molar-refractivity contribution in [2.75, 3.05) is 39.4 Å². The first-order valence-electron chi connectivity index (χ1n) is 13.8. The van der Waals surface area contributed by atoms with Crippen molar-refractivity contribution in [3.8, 4) is 5.75 Å². The molecule has 3 heterocycles. The van der Waals surface area contributed by atoms with Crippen molar-refractivity contribution < 1.29 is 14.2 Å². The fraction of sp³-hybridized carbons (Fsp3) is 0.323. The van der Waals surface area contributed by atoms with Crippen LogP contribution < -0.4 is 10.1 Å². The van der Waals surface area contributed by atoms with E-state index in [-0.39, 0.29) is 12.1 Å². The van der Waals surface area contributed by atoms with Crippen LogP contribution in [0.25, 0.3) is 0 Å². The summed E-state index contributed by atoms with van der Waals surface area (Å²) in [6.07, 6.45) is 4.96. The van der Waals surface area contributed by atoms with Gasteiger partial charge in [-0.15, -0.1) is 0 Å². The van der Waals surface area contributed by atoms with Gasteiger partial charge in [-0.2, -0.15) is 0 Å². The van der Waals surface area contributed by atoms with Gasteiger partial charge in [0.25, 0.3) is 0 Å². The Labute approximate surface area is 265 Å². The minimum absolute atomic E-state index is 0.0677. The summed E-state index contributed by atoms with van der Waals surface area (Å²) < 4.78 is 20.9. The number of hydrogen-bond donors (Lipinski definition) is 1. The first kappa shape index (κ1) is 29.7. The van der Waals surface area contributed by atoms with Crippen LogP contribution in [-0.4, -0.2) is 59.9 Å². The fourth-order valence-corrected chi connectivity index (χ4v) is 6.74. The molecular formula is C31H30Cl4N4O3. The maximum atomic E-state index is 6.68. The maximum absolute atomic E-state index is 6.68. The summed E-state index contributed by atoms with van der Waals surface area (Å²) in [7, 11) is 0.